The van der Waals surface area contributed by atoms with Crippen molar-refractivity contribution < 1.29 is 9.53 Å². The second-order valence-electron chi connectivity index (χ2n) is 5.18. The number of rotatable bonds is 4. The zero-order chi connectivity index (χ0) is 17.2. The molecular formula is C20H18N2O2. The molecule has 120 valence electrons. The molecule has 0 heterocycles. The van der Waals surface area contributed by atoms with E-state index < -0.39 is 6.09 Å². The molecule has 0 unspecified atom stereocenters. The number of hydrogen-bond acceptors (Lipinski definition) is 3. The number of alkyl carbamates (subject to hydrolysis) is 1. The van der Waals surface area contributed by atoms with Gasteiger partial charge in [-0.3, -0.25) is 0 Å². The first-order valence-corrected chi connectivity index (χ1v) is 7.63. The van der Waals surface area contributed by atoms with Crippen molar-refractivity contribution in [1.29, 1.82) is 5.26 Å². The van der Waals surface area contributed by atoms with Gasteiger partial charge in [-0.15, -0.1) is 0 Å². The van der Waals surface area contributed by atoms with Gasteiger partial charge in [-0.2, -0.15) is 5.26 Å². The van der Waals surface area contributed by atoms with Gasteiger partial charge < -0.3 is 10.1 Å². The van der Waals surface area contributed by atoms with Crippen LogP contribution in [-0.4, -0.2) is 12.6 Å². The molecule has 0 radical (unpaired) electrons. The van der Waals surface area contributed by atoms with Crippen molar-refractivity contribution in [3.63, 3.8) is 0 Å². The largest absolute Gasteiger partial charge is 0.445 e. The summed E-state index contributed by atoms with van der Waals surface area (Å²) in [7, 11) is 0. The van der Waals surface area contributed by atoms with Crippen LogP contribution in [0.1, 0.15) is 28.7 Å². The van der Waals surface area contributed by atoms with Crippen molar-refractivity contribution in [3.8, 4) is 17.9 Å². The molecule has 1 amide bonds. The van der Waals surface area contributed by atoms with Gasteiger partial charge in [0.1, 0.15) is 6.61 Å². The van der Waals surface area contributed by atoms with Crippen LogP contribution in [0.4, 0.5) is 4.79 Å². The molecule has 0 spiro atoms. The maximum Gasteiger partial charge on any atom is 0.407 e. The Balaban J connectivity index is 1.71. The third kappa shape index (κ3) is 5.51. The quantitative estimate of drug-likeness (QED) is 0.693. The maximum atomic E-state index is 11.6. The third-order valence-corrected chi connectivity index (χ3v) is 3.31. The lowest BCUT2D eigenvalue weighted by Crippen LogP contribution is -2.24. The summed E-state index contributed by atoms with van der Waals surface area (Å²) in [6, 6.07) is 17.0. The Morgan fingerprint density at radius 2 is 2.00 bits per heavy atom. The van der Waals surface area contributed by atoms with Gasteiger partial charge in [0.25, 0.3) is 0 Å². The summed E-state index contributed by atoms with van der Waals surface area (Å²) in [6.45, 7) is 2.60. The predicted molar refractivity (Wildman–Crippen MR) is 92.0 cm³/mol. The minimum Gasteiger partial charge on any atom is -0.445 e. The molecule has 0 aliphatic heterocycles. The third-order valence-electron chi connectivity index (χ3n) is 3.31. The second-order valence-corrected chi connectivity index (χ2v) is 5.18. The first-order valence-electron chi connectivity index (χ1n) is 7.63. The van der Waals surface area contributed by atoms with E-state index in [4.69, 9.17) is 10.00 Å². The molecule has 2 aromatic rings. The van der Waals surface area contributed by atoms with Gasteiger partial charge >= 0.3 is 6.09 Å². The molecule has 4 nitrogen and oxygen atoms in total. The minimum absolute atomic E-state index is 0.253. The lowest BCUT2D eigenvalue weighted by Gasteiger charge is -2.05. The first kappa shape index (κ1) is 17.1. The average Bonchev–Trinajstić information content (AvgIpc) is 2.61. The number of carbonyl (C=O) groups excluding carboxylic acids is 1. The standard InChI is InChI=1S/C20H18N2O2/c1-16-13-18(14-21)10-11-19(16)9-5-6-12-22-20(23)24-15-17-7-3-2-4-8-17/h2-4,7-8,10-11,13H,6,12,15H2,1H3,(H,22,23). The highest BCUT2D eigenvalue weighted by atomic mass is 16.5. The van der Waals surface area contributed by atoms with Crippen LogP contribution in [0.15, 0.2) is 48.5 Å². The first-order chi connectivity index (χ1) is 11.7. The van der Waals surface area contributed by atoms with Crippen LogP contribution >= 0.6 is 0 Å². The predicted octanol–water partition coefficient (Wildman–Crippen LogP) is 3.53. The lowest BCUT2D eigenvalue weighted by molar-refractivity contribution is 0.140. The molecule has 24 heavy (non-hydrogen) atoms. The van der Waals surface area contributed by atoms with Crippen LogP contribution in [0, 0.1) is 30.1 Å². The number of nitrogens with zero attached hydrogens (tertiary/aromatic N) is 1. The van der Waals surface area contributed by atoms with E-state index in [0.717, 1.165) is 16.7 Å². The lowest BCUT2D eigenvalue weighted by atomic mass is 10.1. The van der Waals surface area contributed by atoms with Crippen LogP contribution in [0.25, 0.3) is 0 Å². The van der Waals surface area contributed by atoms with E-state index >= 15 is 0 Å². The second kappa shape index (κ2) is 9.02. The summed E-state index contributed by atoms with van der Waals surface area (Å²) in [6.07, 6.45) is 0.0788. The molecular weight excluding hydrogens is 300 g/mol. The Bertz CT molecular complexity index is 796. The number of nitrogens with one attached hydrogen (secondary N) is 1. The number of benzene rings is 2. The normalized spacial score (nSPS) is 9.33. The van der Waals surface area contributed by atoms with E-state index in [1.54, 1.807) is 6.07 Å². The molecule has 0 aliphatic carbocycles. The van der Waals surface area contributed by atoms with Crippen LogP contribution in [0.2, 0.25) is 0 Å². The number of ether oxygens (including phenoxy) is 1. The zero-order valence-corrected chi connectivity index (χ0v) is 13.5. The van der Waals surface area contributed by atoms with E-state index in [9.17, 15) is 4.79 Å². The molecule has 0 bridgehead atoms. The molecule has 2 rings (SSSR count). The van der Waals surface area contributed by atoms with Gasteiger partial charge in [-0.1, -0.05) is 42.2 Å². The molecule has 0 aliphatic rings. The van der Waals surface area contributed by atoms with Crippen molar-refractivity contribution >= 4 is 6.09 Å². The van der Waals surface area contributed by atoms with Crippen LogP contribution in [0.5, 0.6) is 0 Å². The van der Waals surface area contributed by atoms with Crippen LogP contribution in [-0.2, 0) is 11.3 Å². The Morgan fingerprint density at radius 1 is 1.21 bits per heavy atom. The van der Waals surface area contributed by atoms with Crippen molar-refractivity contribution in [1.82, 2.24) is 5.32 Å². The van der Waals surface area contributed by atoms with E-state index in [0.29, 0.717) is 18.5 Å². The topological polar surface area (TPSA) is 62.1 Å². The van der Waals surface area contributed by atoms with Crippen LogP contribution < -0.4 is 5.32 Å². The highest BCUT2D eigenvalue weighted by Crippen LogP contribution is 2.09. The molecule has 1 N–H and O–H groups in total. The Labute approximate surface area is 142 Å². The number of aryl methyl sites for hydroxylation is 1. The van der Waals surface area contributed by atoms with Crippen molar-refractivity contribution in [2.75, 3.05) is 6.54 Å². The summed E-state index contributed by atoms with van der Waals surface area (Å²) in [5, 5.41) is 11.5. The zero-order valence-electron chi connectivity index (χ0n) is 13.5. The summed E-state index contributed by atoms with van der Waals surface area (Å²) in [5.74, 6) is 6.05. The number of hydrogen-bond donors (Lipinski definition) is 1. The smallest absolute Gasteiger partial charge is 0.407 e. The molecule has 0 saturated carbocycles. The van der Waals surface area contributed by atoms with Gasteiger partial charge in [0.05, 0.1) is 11.6 Å². The summed E-state index contributed by atoms with van der Waals surface area (Å²) in [5.41, 5.74) is 3.43. The van der Waals surface area contributed by atoms with E-state index in [2.05, 4.69) is 23.2 Å². The fourth-order valence-corrected chi connectivity index (χ4v) is 2.03. The highest BCUT2D eigenvalue weighted by Gasteiger charge is 2.01. The van der Waals surface area contributed by atoms with Gasteiger partial charge in [-0.25, -0.2) is 4.79 Å². The van der Waals surface area contributed by atoms with Crippen molar-refractivity contribution in [2.45, 2.75) is 20.0 Å². The molecule has 4 heteroatoms. The number of nitriles is 1. The molecule has 0 aromatic heterocycles. The fourth-order valence-electron chi connectivity index (χ4n) is 2.03. The monoisotopic (exact) mass is 318 g/mol. The minimum atomic E-state index is -0.449. The Kier molecular flexibility index (Phi) is 6.44. The van der Waals surface area contributed by atoms with E-state index in [1.807, 2.05) is 49.4 Å². The summed E-state index contributed by atoms with van der Waals surface area (Å²) >= 11 is 0. The Hall–Kier alpha value is -3.24. The van der Waals surface area contributed by atoms with Gasteiger partial charge in [0.15, 0.2) is 0 Å². The van der Waals surface area contributed by atoms with Crippen molar-refractivity contribution in [3.05, 3.63) is 70.8 Å². The SMILES string of the molecule is Cc1cc(C#N)ccc1C#CCCNC(=O)OCc1ccccc1. The van der Waals surface area contributed by atoms with Crippen LogP contribution in [0.3, 0.4) is 0 Å². The highest BCUT2D eigenvalue weighted by molar-refractivity contribution is 5.67. The molecule has 2 aromatic carbocycles. The maximum absolute atomic E-state index is 11.6. The molecule has 0 atom stereocenters. The average molecular weight is 318 g/mol. The molecule has 0 fully saturated rings. The van der Waals surface area contributed by atoms with E-state index in [-0.39, 0.29) is 6.61 Å². The molecule has 0 saturated heterocycles. The number of amides is 1. The van der Waals surface area contributed by atoms with Gasteiger partial charge in [-0.05, 0) is 36.2 Å². The summed E-state index contributed by atoms with van der Waals surface area (Å²) in [4.78, 5) is 11.6. The van der Waals surface area contributed by atoms with Gasteiger partial charge in [0, 0.05) is 18.5 Å². The van der Waals surface area contributed by atoms with Gasteiger partial charge in [0.2, 0.25) is 0 Å². The number of carbonyl (C=O) groups is 1. The fraction of sp³-hybridized carbons (Fsp3) is 0.200. The Morgan fingerprint density at radius 3 is 2.71 bits per heavy atom. The van der Waals surface area contributed by atoms with Crippen molar-refractivity contribution in [2.24, 2.45) is 0 Å². The van der Waals surface area contributed by atoms with E-state index in [1.165, 1.54) is 0 Å². The summed E-state index contributed by atoms with van der Waals surface area (Å²) < 4.78 is 5.11.